The molecule has 1 aliphatic heterocycles. The van der Waals surface area contributed by atoms with E-state index >= 15 is 0 Å². The van der Waals surface area contributed by atoms with E-state index in [1.165, 1.54) is 0 Å². The van der Waals surface area contributed by atoms with Gasteiger partial charge in [0, 0.05) is 36.7 Å². The number of rotatable bonds is 8. The number of ether oxygens (including phenoxy) is 1. The van der Waals surface area contributed by atoms with Crippen LogP contribution in [0.15, 0.2) is 18.2 Å². The van der Waals surface area contributed by atoms with Crippen molar-refractivity contribution in [3.05, 3.63) is 28.9 Å². The van der Waals surface area contributed by atoms with E-state index in [2.05, 4.69) is 15.7 Å². The Morgan fingerprint density at radius 1 is 1.30 bits per heavy atom. The van der Waals surface area contributed by atoms with Gasteiger partial charge >= 0.3 is 0 Å². The molecule has 3 rings (SSSR count). The van der Waals surface area contributed by atoms with Crippen LogP contribution in [-0.4, -0.2) is 70.3 Å². The molecule has 182 valence electrons. The number of aromatic nitrogens is 2. The summed E-state index contributed by atoms with van der Waals surface area (Å²) in [6.45, 7) is 7.01. The fourth-order valence-electron chi connectivity index (χ4n) is 3.89. The fraction of sp³-hybridized carbons (Fsp3) is 0.609. The van der Waals surface area contributed by atoms with Crippen molar-refractivity contribution in [1.82, 2.24) is 20.4 Å². The maximum absolute atomic E-state index is 13.3. The largest absolute Gasteiger partial charge is 0.394 e. The van der Waals surface area contributed by atoms with Gasteiger partial charge in [-0.1, -0.05) is 32.4 Å². The summed E-state index contributed by atoms with van der Waals surface area (Å²) in [6, 6.07) is 4.45. The molecule has 0 aliphatic carbocycles. The Morgan fingerprint density at radius 3 is 2.64 bits per heavy atom. The van der Waals surface area contributed by atoms with Gasteiger partial charge in [-0.15, -0.1) is 0 Å². The quantitative estimate of drug-likeness (QED) is 0.456. The van der Waals surface area contributed by atoms with E-state index in [-0.39, 0.29) is 12.2 Å². The maximum Gasteiger partial charge on any atom is 0.273 e. The van der Waals surface area contributed by atoms with Gasteiger partial charge in [-0.2, -0.15) is 5.10 Å². The number of aliphatic hydroxyl groups is 2. The van der Waals surface area contributed by atoms with Crippen LogP contribution in [0.3, 0.4) is 0 Å². The van der Waals surface area contributed by atoms with Crippen LogP contribution in [0.2, 0.25) is 5.02 Å². The Labute approximate surface area is 198 Å². The monoisotopic (exact) mass is 480 g/mol. The Kier molecular flexibility index (Phi) is 8.33. The number of amides is 2. The smallest absolute Gasteiger partial charge is 0.273 e. The average Bonchev–Trinajstić information content (AvgIpc) is 3.12. The van der Waals surface area contributed by atoms with E-state index in [4.69, 9.17) is 21.4 Å². The number of hydrogen-bond donors (Lipinski definition) is 4. The Bertz CT molecular complexity index is 981. The third-order valence-electron chi connectivity index (χ3n) is 5.83. The molecule has 2 heterocycles. The molecule has 10 heteroatoms. The zero-order valence-electron chi connectivity index (χ0n) is 19.3. The topological polar surface area (TPSA) is 126 Å². The first-order valence-corrected chi connectivity index (χ1v) is 11.6. The molecule has 0 unspecified atom stereocenters. The normalized spacial score (nSPS) is 17.0. The van der Waals surface area contributed by atoms with Crippen molar-refractivity contribution in [1.29, 1.82) is 0 Å². The molecule has 2 aromatic rings. The van der Waals surface area contributed by atoms with Crippen molar-refractivity contribution < 1.29 is 24.5 Å². The Balaban J connectivity index is 1.86. The van der Waals surface area contributed by atoms with Gasteiger partial charge in [0.05, 0.1) is 18.2 Å². The molecular formula is C23H33ClN4O5. The minimum atomic E-state index is -1.07. The lowest BCUT2D eigenvalue weighted by atomic mass is 9.86. The van der Waals surface area contributed by atoms with Crippen molar-refractivity contribution in [3.63, 3.8) is 0 Å². The zero-order chi connectivity index (χ0) is 24.2. The molecule has 1 saturated heterocycles. The van der Waals surface area contributed by atoms with E-state index in [1.807, 2.05) is 31.5 Å². The zero-order valence-corrected chi connectivity index (χ0v) is 20.1. The molecule has 9 nitrogen and oxygen atoms in total. The predicted molar refractivity (Wildman–Crippen MR) is 125 cm³/mol. The molecule has 33 heavy (non-hydrogen) atoms. The Morgan fingerprint density at radius 2 is 2.00 bits per heavy atom. The average molecular weight is 481 g/mol. The lowest BCUT2D eigenvalue weighted by molar-refractivity contribution is -0.125. The van der Waals surface area contributed by atoms with Crippen molar-refractivity contribution in [3.8, 4) is 0 Å². The van der Waals surface area contributed by atoms with Gasteiger partial charge in [-0.25, -0.2) is 0 Å². The molecule has 1 aromatic carbocycles. The summed E-state index contributed by atoms with van der Waals surface area (Å²) in [7, 11) is 0. The number of carbonyl (C=O) groups is 2. The van der Waals surface area contributed by atoms with Crippen LogP contribution in [-0.2, 0) is 16.1 Å². The fourth-order valence-corrected chi connectivity index (χ4v) is 4.06. The lowest BCUT2D eigenvalue weighted by Gasteiger charge is -2.30. The minimum Gasteiger partial charge on any atom is -0.394 e. The summed E-state index contributed by atoms with van der Waals surface area (Å²) in [5.74, 6) is -0.530. The summed E-state index contributed by atoms with van der Waals surface area (Å²) in [4.78, 5) is 26.1. The van der Waals surface area contributed by atoms with Gasteiger partial charge in [0.2, 0.25) is 5.91 Å². The van der Waals surface area contributed by atoms with Gasteiger partial charge in [-0.05, 0) is 42.4 Å². The number of nitrogens with zero attached hydrogens (tertiary/aromatic N) is 2. The van der Waals surface area contributed by atoms with E-state index < -0.39 is 36.0 Å². The van der Waals surface area contributed by atoms with E-state index in [9.17, 15) is 14.7 Å². The first-order chi connectivity index (χ1) is 15.6. The van der Waals surface area contributed by atoms with Crippen molar-refractivity contribution in [2.24, 2.45) is 11.3 Å². The van der Waals surface area contributed by atoms with Crippen LogP contribution in [0.1, 0.15) is 44.1 Å². The van der Waals surface area contributed by atoms with E-state index in [0.29, 0.717) is 22.9 Å². The summed E-state index contributed by atoms with van der Waals surface area (Å²) >= 11 is 6.22. The molecule has 2 amide bonds. The van der Waals surface area contributed by atoms with E-state index in [0.717, 1.165) is 31.6 Å². The minimum absolute atomic E-state index is 0.115. The molecule has 0 radical (unpaired) electrons. The number of fused-ring (bicyclic) bond motifs is 1. The number of carbonyl (C=O) groups excluding carboxylic acids is 2. The van der Waals surface area contributed by atoms with Crippen LogP contribution in [0.5, 0.6) is 0 Å². The predicted octanol–water partition coefficient (Wildman–Crippen LogP) is 1.73. The number of hydrogen-bond acceptors (Lipinski definition) is 6. The van der Waals surface area contributed by atoms with Crippen molar-refractivity contribution in [2.75, 3.05) is 26.4 Å². The highest BCUT2D eigenvalue weighted by molar-refractivity contribution is 6.31. The standard InChI is InChI=1S/C23H33ClN4O5/c1-23(2,3)20(22(32)25-11-16(30)13-29)26-21(31)19-17-10-15(24)4-5-18(17)28(27-19)12-14-6-8-33-9-7-14/h4-5,10,14,16,20,29-30H,6-9,11-13H2,1-3H3,(H,25,32)(H,26,31)/t16-,20+/m0/s1. The summed E-state index contributed by atoms with van der Waals surface area (Å²) < 4.78 is 7.28. The van der Waals surface area contributed by atoms with Gasteiger partial charge in [0.15, 0.2) is 5.69 Å². The van der Waals surface area contributed by atoms with Crippen LogP contribution in [0.4, 0.5) is 0 Å². The van der Waals surface area contributed by atoms with Crippen molar-refractivity contribution in [2.45, 2.75) is 52.3 Å². The molecule has 0 bridgehead atoms. The van der Waals surface area contributed by atoms with Gasteiger partial charge < -0.3 is 25.6 Å². The molecule has 0 spiro atoms. The highest BCUT2D eigenvalue weighted by atomic mass is 35.5. The van der Waals surface area contributed by atoms with E-state index in [1.54, 1.807) is 12.1 Å². The lowest BCUT2D eigenvalue weighted by Crippen LogP contribution is -2.54. The summed E-state index contributed by atoms with van der Waals surface area (Å²) in [6.07, 6.45) is 0.794. The first kappa shape index (κ1) is 25.4. The SMILES string of the molecule is CC(C)(C)[C@H](NC(=O)c1nn(CC2CCOCC2)c2ccc(Cl)cc12)C(=O)NC[C@H](O)CO. The number of halogens is 1. The highest BCUT2D eigenvalue weighted by Gasteiger charge is 2.34. The molecular weight excluding hydrogens is 448 g/mol. The summed E-state index contributed by atoms with van der Waals surface area (Å²) in [5, 5.41) is 29.6. The van der Waals surface area contributed by atoms with Crippen LogP contribution < -0.4 is 10.6 Å². The molecule has 1 fully saturated rings. The molecule has 4 N–H and O–H groups in total. The second kappa shape index (κ2) is 10.8. The third kappa shape index (κ3) is 6.44. The van der Waals surface area contributed by atoms with Gasteiger partial charge in [-0.3, -0.25) is 14.3 Å². The summed E-state index contributed by atoms with van der Waals surface area (Å²) in [5.41, 5.74) is 0.401. The third-order valence-corrected chi connectivity index (χ3v) is 6.06. The van der Waals surface area contributed by atoms with Gasteiger partial charge in [0.25, 0.3) is 5.91 Å². The number of aliphatic hydroxyl groups excluding tert-OH is 2. The second-order valence-electron chi connectivity index (χ2n) is 9.60. The molecule has 1 aliphatic rings. The molecule has 2 atom stereocenters. The maximum atomic E-state index is 13.3. The van der Waals surface area contributed by atoms with Crippen LogP contribution >= 0.6 is 11.6 Å². The van der Waals surface area contributed by atoms with Crippen molar-refractivity contribution >= 4 is 34.3 Å². The number of nitrogens with one attached hydrogen (secondary N) is 2. The second-order valence-corrected chi connectivity index (χ2v) is 10.0. The first-order valence-electron chi connectivity index (χ1n) is 11.2. The Hall–Kier alpha value is -2.20. The number of benzene rings is 1. The molecule has 1 aromatic heterocycles. The molecule has 0 saturated carbocycles. The van der Waals surface area contributed by atoms with Gasteiger partial charge in [0.1, 0.15) is 6.04 Å². The van der Waals surface area contributed by atoms with Crippen LogP contribution in [0, 0.1) is 11.3 Å². The highest BCUT2D eigenvalue weighted by Crippen LogP contribution is 2.27. The van der Waals surface area contributed by atoms with Crippen LogP contribution in [0.25, 0.3) is 10.9 Å².